The van der Waals surface area contributed by atoms with Crippen LogP contribution in [0.5, 0.6) is 0 Å². The lowest BCUT2D eigenvalue weighted by Crippen LogP contribution is -2.24. The third-order valence-electron chi connectivity index (χ3n) is 6.51. The summed E-state index contributed by atoms with van der Waals surface area (Å²) in [7, 11) is 0. The number of nitrogens with one attached hydrogen (secondary N) is 1. The van der Waals surface area contributed by atoms with Gasteiger partial charge in [0.05, 0.1) is 5.69 Å². The maximum atomic E-state index is 12.4. The number of rotatable bonds is 5. The second kappa shape index (κ2) is 8.97. The normalized spacial score (nSPS) is 15.9. The van der Waals surface area contributed by atoms with Gasteiger partial charge in [-0.3, -0.25) is 9.35 Å². The van der Waals surface area contributed by atoms with Gasteiger partial charge in [0, 0.05) is 28.6 Å². The van der Waals surface area contributed by atoms with Crippen LogP contribution in [0, 0.1) is 13.8 Å². The molecule has 3 aromatic rings. The standard InChI is InChI=1S/C25H30N2O3S/c1-4-27-22-15-19(25(28)26-31(29)30)11-13-21(22)23(18-8-6-5-7-9-18)24(27)20-12-10-16(2)14-17(20)3/h10-15,18H,4-9H2,1-3H3,(H,26,28)(H,29,30). The molecule has 1 unspecified atom stereocenters. The van der Waals surface area contributed by atoms with Crippen molar-refractivity contribution in [2.24, 2.45) is 0 Å². The number of amides is 1. The molecule has 0 radical (unpaired) electrons. The van der Waals surface area contributed by atoms with E-state index < -0.39 is 17.2 Å². The molecular weight excluding hydrogens is 408 g/mol. The minimum Gasteiger partial charge on any atom is -0.341 e. The zero-order chi connectivity index (χ0) is 22.1. The van der Waals surface area contributed by atoms with Gasteiger partial charge >= 0.3 is 0 Å². The second-order valence-electron chi connectivity index (χ2n) is 8.57. The maximum Gasteiger partial charge on any atom is 0.264 e. The molecule has 2 aromatic carbocycles. The maximum absolute atomic E-state index is 12.4. The number of hydrogen-bond acceptors (Lipinski definition) is 2. The molecule has 1 atom stereocenters. The highest BCUT2D eigenvalue weighted by molar-refractivity contribution is 7.77. The van der Waals surface area contributed by atoms with Crippen LogP contribution >= 0.6 is 0 Å². The molecule has 1 amide bonds. The molecule has 164 valence electrons. The number of benzene rings is 2. The van der Waals surface area contributed by atoms with Crippen LogP contribution in [-0.4, -0.2) is 19.2 Å². The molecule has 1 aliphatic rings. The summed E-state index contributed by atoms with van der Waals surface area (Å²) in [5.41, 5.74) is 7.79. The number of nitrogens with zero attached hydrogens (tertiary/aromatic N) is 1. The Kier molecular flexibility index (Phi) is 6.30. The Bertz CT molecular complexity index is 1160. The Labute approximate surface area is 186 Å². The smallest absolute Gasteiger partial charge is 0.264 e. The first kappa shape index (κ1) is 21.8. The van der Waals surface area contributed by atoms with Crippen molar-refractivity contribution in [1.29, 1.82) is 0 Å². The van der Waals surface area contributed by atoms with Gasteiger partial charge in [-0.05, 0) is 62.8 Å². The number of carbonyl (C=O) groups is 1. The fraction of sp³-hybridized carbons (Fsp3) is 0.400. The highest BCUT2D eigenvalue weighted by Crippen LogP contribution is 2.45. The average molecular weight is 439 g/mol. The summed E-state index contributed by atoms with van der Waals surface area (Å²) in [6, 6.07) is 12.3. The first-order valence-electron chi connectivity index (χ1n) is 11.1. The third-order valence-corrected chi connectivity index (χ3v) is 6.87. The van der Waals surface area contributed by atoms with Crippen molar-refractivity contribution in [3.8, 4) is 11.3 Å². The molecule has 6 heteroatoms. The number of hydrogen-bond donors (Lipinski definition) is 2. The zero-order valence-corrected chi connectivity index (χ0v) is 19.2. The van der Waals surface area contributed by atoms with Crippen LogP contribution < -0.4 is 4.72 Å². The molecule has 1 saturated carbocycles. The fourth-order valence-electron chi connectivity index (χ4n) is 5.16. The largest absolute Gasteiger partial charge is 0.341 e. The monoisotopic (exact) mass is 438 g/mol. The Balaban J connectivity index is 1.98. The number of aryl methyl sites for hydroxylation is 3. The molecule has 0 spiro atoms. The van der Waals surface area contributed by atoms with Gasteiger partial charge in [-0.15, -0.1) is 0 Å². The van der Waals surface area contributed by atoms with Crippen molar-refractivity contribution in [2.75, 3.05) is 0 Å². The number of fused-ring (bicyclic) bond motifs is 1. The van der Waals surface area contributed by atoms with E-state index in [4.69, 9.17) is 4.55 Å². The minimum atomic E-state index is -2.38. The van der Waals surface area contributed by atoms with Crippen molar-refractivity contribution in [3.05, 3.63) is 58.7 Å². The summed E-state index contributed by atoms with van der Waals surface area (Å²) >= 11 is -2.38. The fourth-order valence-corrected chi connectivity index (χ4v) is 5.43. The van der Waals surface area contributed by atoms with Gasteiger partial charge in [0.25, 0.3) is 17.2 Å². The Hall–Kier alpha value is -2.44. The van der Waals surface area contributed by atoms with Crippen molar-refractivity contribution in [1.82, 2.24) is 9.29 Å². The molecule has 0 saturated heterocycles. The van der Waals surface area contributed by atoms with E-state index in [2.05, 4.69) is 48.3 Å². The molecule has 0 aliphatic heterocycles. The van der Waals surface area contributed by atoms with E-state index in [0.29, 0.717) is 11.5 Å². The van der Waals surface area contributed by atoms with Gasteiger partial charge in [-0.1, -0.05) is 49.1 Å². The van der Waals surface area contributed by atoms with Crippen molar-refractivity contribution in [2.45, 2.75) is 65.3 Å². The Morgan fingerprint density at radius 3 is 2.52 bits per heavy atom. The molecule has 1 aromatic heterocycles. The van der Waals surface area contributed by atoms with Crippen molar-refractivity contribution >= 4 is 28.1 Å². The summed E-state index contributed by atoms with van der Waals surface area (Å²) in [4.78, 5) is 12.4. The second-order valence-corrected chi connectivity index (χ2v) is 9.27. The lowest BCUT2D eigenvalue weighted by atomic mass is 9.81. The van der Waals surface area contributed by atoms with E-state index in [1.165, 1.54) is 65.4 Å². The number of carbonyl (C=O) groups excluding carboxylic acids is 1. The quantitative estimate of drug-likeness (QED) is 0.490. The predicted molar refractivity (Wildman–Crippen MR) is 127 cm³/mol. The van der Waals surface area contributed by atoms with Crippen molar-refractivity contribution in [3.63, 3.8) is 0 Å². The lowest BCUT2D eigenvalue weighted by molar-refractivity contribution is 0.0981. The molecule has 4 rings (SSSR count). The van der Waals surface area contributed by atoms with E-state index in [1.54, 1.807) is 6.07 Å². The van der Waals surface area contributed by atoms with Crippen LogP contribution in [0.1, 0.15) is 72.0 Å². The zero-order valence-electron chi connectivity index (χ0n) is 18.4. The summed E-state index contributed by atoms with van der Waals surface area (Å²) in [5.74, 6) is -0.0387. The topological polar surface area (TPSA) is 71.3 Å². The SMILES string of the molecule is CCn1c(-c2ccc(C)cc2C)c(C2CCCCC2)c2ccc(C(=O)NS(=O)O)cc21. The Morgan fingerprint density at radius 1 is 1.13 bits per heavy atom. The average Bonchev–Trinajstić information content (AvgIpc) is 3.07. The molecule has 2 N–H and O–H groups in total. The Morgan fingerprint density at radius 2 is 1.87 bits per heavy atom. The molecule has 1 heterocycles. The van der Waals surface area contributed by atoms with E-state index in [9.17, 15) is 9.00 Å². The van der Waals surface area contributed by atoms with Crippen LogP contribution in [0.3, 0.4) is 0 Å². The van der Waals surface area contributed by atoms with E-state index in [1.807, 2.05) is 12.1 Å². The van der Waals surface area contributed by atoms with E-state index in [0.717, 1.165) is 12.1 Å². The van der Waals surface area contributed by atoms with Crippen LogP contribution in [0.15, 0.2) is 36.4 Å². The molecule has 31 heavy (non-hydrogen) atoms. The summed E-state index contributed by atoms with van der Waals surface area (Å²) < 4.78 is 24.5. The van der Waals surface area contributed by atoms with Gasteiger partial charge in [0.15, 0.2) is 0 Å². The van der Waals surface area contributed by atoms with Gasteiger partial charge in [-0.2, -0.15) is 0 Å². The van der Waals surface area contributed by atoms with E-state index >= 15 is 0 Å². The summed E-state index contributed by atoms with van der Waals surface area (Å²) in [6.07, 6.45) is 6.17. The van der Waals surface area contributed by atoms with E-state index in [-0.39, 0.29) is 0 Å². The summed E-state index contributed by atoms with van der Waals surface area (Å²) in [5, 5.41) is 1.19. The summed E-state index contributed by atoms with van der Waals surface area (Å²) in [6.45, 7) is 7.19. The van der Waals surface area contributed by atoms with Crippen LogP contribution in [0.25, 0.3) is 22.2 Å². The van der Waals surface area contributed by atoms with Crippen molar-refractivity contribution < 1.29 is 13.6 Å². The predicted octanol–water partition coefficient (Wildman–Crippen LogP) is 5.86. The lowest BCUT2D eigenvalue weighted by Gasteiger charge is -2.24. The number of aromatic nitrogens is 1. The van der Waals surface area contributed by atoms with Gasteiger partial charge in [0.2, 0.25) is 0 Å². The molecule has 0 bridgehead atoms. The minimum absolute atomic E-state index is 0.393. The van der Waals surface area contributed by atoms with Gasteiger partial charge < -0.3 is 4.57 Å². The highest BCUT2D eigenvalue weighted by atomic mass is 32.2. The first-order valence-corrected chi connectivity index (χ1v) is 12.2. The van der Waals surface area contributed by atoms with Gasteiger partial charge in [-0.25, -0.2) is 8.93 Å². The molecular formula is C25H30N2O3S. The van der Waals surface area contributed by atoms with Crippen LogP contribution in [-0.2, 0) is 17.8 Å². The van der Waals surface area contributed by atoms with Crippen LogP contribution in [0.2, 0.25) is 0 Å². The van der Waals surface area contributed by atoms with Crippen LogP contribution in [0.4, 0.5) is 0 Å². The third kappa shape index (κ3) is 4.19. The molecule has 5 nitrogen and oxygen atoms in total. The molecule has 1 aliphatic carbocycles. The van der Waals surface area contributed by atoms with Gasteiger partial charge in [0.1, 0.15) is 0 Å². The molecule has 1 fully saturated rings. The highest BCUT2D eigenvalue weighted by Gasteiger charge is 2.27. The first-order chi connectivity index (χ1) is 14.9.